The summed E-state index contributed by atoms with van der Waals surface area (Å²) >= 11 is 0. The summed E-state index contributed by atoms with van der Waals surface area (Å²) < 4.78 is 2.17. The third kappa shape index (κ3) is 3.15. The van der Waals surface area contributed by atoms with Crippen molar-refractivity contribution in [3.05, 3.63) is 54.1 Å². The zero-order valence-electron chi connectivity index (χ0n) is 13.9. The Bertz CT molecular complexity index is 648. The van der Waals surface area contributed by atoms with Gasteiger partial charge in [0.15, 0.2) is 0 Å². The molecule has 1 aliphatic heterocycles. The van der Waals surface area contributed by atoms with Gasteiger partial charge in [-0.2, -0.15) is 0 Å². The molecule has 0 bridgehead atoms. The fourth-order valence-electron chi connectivity index (χ4n) is 3.27. The highest BCUT2D eigenvalue weighted by Crippen LogP contribution is 2.27. The third-order valence-electron chi connectivity index (χ3n) is 4.56. The number of imidazole rings is 1. The van der Waals surface area contributed by atoms with Crippen LogP contribution in [0.15, 0.2) is 42.7 Å². The minimum atomic E-state index is -0.235. The van der Waals surface area contributed by atoms with E-state index in [2.05, 4.69) is 14.5 Å². The second-order valence-corrected chi connectivity index (χ2v) is 5.83. The van der Waals surface area contributed by atoms with E-state index in [4.69, 9.17) is 0 Å². The van der Waals surface area contributed by atoms with Gasteiger partial charge in [-0.25, -0.2) is 4.98 Å². The Labute approximate surface area is 137 Å². The average molecular weight is 312 g/mol. The Morgan fingerprint density at radius 1 is 1.22 bits per heavy atom. The maximum absolute atomic E-state index is 13.1. The minimum Gasteiger partial charge on any atom is -0.342 e. The number of benzene rings is 1. The molecule has 2 aromatic rings. The van der Waals surface area contributed by atoms with Crippen LogP contribution in [0.25, 0.3) is 0 Å². The van der Waals surface area contributed by atoms with Gasteiger partial charge < -0.3 is 9.47 Å². The Balaban J connectivity index is 1.91. The first-order valence-electron chi connectivity index (χ1n) is 8.32. The second-order valence-electron chi connectivity index (χ2n) is 5.83. The molecule has 0 aliphatic carbocycles. The highest BCUT2D eigenvalue weighted by atomic mass is 16.2. The van der Waals surface area contributed by atoms with Gasteiger partial charge in [-0.3, -0.25) is 9.69 Å². The molecule has 0 saturated carbocycles. The SMILES string of the molecule is CCN(CC)C(=O)[C@@H](c1ccccc1)N1CCn2ccnc2C1. The molecule has 2 heterocycles. The summed E-state index contributed by atoms with van der Waals surface area (Å²) in [6, 6.07) is 9.86. The van der Waals surface area contributed by atoms with Crippen LogP contribution in [0.5, 0.6) is 0 Å². The molecule has 23 heavy (non-hydrogen) atoms. The number of rotatable bonds is 5. The standard InChI is InChI=1S/C18H24N4O/c1-3-20(4-2)18(23)17(15-8-6-5-7-9-15)22-13-12-21-11-10-19-16(21)14-22/h5-11,17H,3-4,12-14H2,1-2H3/t17-/m1/s1. The highest BCUT2D eigenvalue weighted by Gasteiger charge is 2.32. The van der Waals surface area contributed by atoms with E-state index in [9.17, 15) is 4.79 Å². The fraction of sp³-hybridized carbons (Fsp3) is 0.444. The number of carbonyl (C=O) groups is 1. The molecule has 0 saturated heterocycles. The van der Waals surface area contributed by atoms with E-state index in [-0.39, 0.29) is 11.9 Å². The van der Waals surface area contributed by atoms with Crippen molar-refractivity contribution in [1.82, 2.24) is 19.4 Å². The average Bonchev–Trinajstić information content (AvgIpc) is 3.05. The van der Waals surface area contributed by atoms with Crippen molar-refractivity contribution in [2.75, 3.05) is 19.6 Å². The number of hydrogen-bond acceptors (Lipinski definition) is 3. The summed E-state index contributed by atoms with van der Waals surface area (Å²) in [6.07, 6.45) is 3.85. The molecule has 0 fully saturated rings. The molecular weight excluding hydrogens is 288 g/mol. The maximum atomic E-state index is 13.1. The van der Waals surface area contributed by atoms with Gasteiger partial charge in [0.1, 0.15) is 11.9 Å². The third-order valence-corrected chi connectivity index (χ3v) is 4.56. The summed E-state index contributed by atoms with van der Waals surface area (Å²) in [4.78, 5) is 21.7. The van der Waals surface area contributed by atoms with Crippen molar-refractivity contribution in [3.8, 4) is 0 Å². The molecule has 1 aliphatic rings. The summed E-state index contributed by atoms with van der Waals surface area (Å²) in [6.45, 7) is 7.99. The van der Waals surface area contributed by atoms with Crippen LogP contribution in [0.3, 0.4) is 0 Å². The molecule has 122 valence electrons. The van der Waals surface area contributed by atoms with Crippen LogP contribution in [0.4, 0.5) is 0 Å². The topological polar surface area (TPSA) is 41.4 Å². The first kappa shape index (κ1) is 15.7. The van der Waals surface area contributed by atoms with E-state index in [0.29, 0.717) is 6.54 Å². The van der Waals surface area contributed by atoms with E-state index in [0.717, 1.165) is 37.6 Å². The maximum Gasteiger partial charge on any atom is 0.244 e. The van der Waals surface area contributed by atoms with Crippen LogP contribution in [-0.4, -0.2) is 44.9 Å². The Morgan fingerprint density at radius 2 is 1.96 bits per heavy atom. The normalized spacial score (nSPS) is 15.9. The number of aromatic nitrogens is 2. The van der Waals surface area contributed by atoms with Gasteiger partial charge >= 0.3 is 0 Å². The predicted octanol–water partition coefficient (Wildman–Crippen LogP) is 2.31. The molecule has 0 radical (unpaired) electrons. The second kappa shape index (κ2) is 6.96. The van der Waals surface area contributed by atoms with Crippen molar-refractivity contribution in [2.45, 2.75) is 33.0 Å². The number of likely N-dealkylation sites (N-methyl/N-ethyl adjacent to an activating group) is 1. The van der Waals surface area contributed by atoms with Crippen molar-refractivity contribution >= 4 is 5.91 Å². The van der Waals surface area contributed by atoms with Crippen LogP contribution < -0.4 is 0 Å². The largest absolute Gasteiger partial charge is 0.342 e. The molecule has 5 heteroatoms. The zero-order valence-corrected chi connectivity index (χ0v) is 13.9. The zero-order chi connectivity index (χ0) is 16.2. The van der Waals surface area contributed by atoms with Crippen LogP contribution in [0, 0.1) is 0 Å². The van der Waals surface area contributed by atoms with E-state index < -0.39 is 0 Å². The lowest BCUT2D eigenvalue weighted by Crippen LogP contribution is -2.45. The van der Waals surface area contributed by atoms with E-state index in [1.807, 2.05) is 61.5 Å². The van der Waals surface area contributed by atoms with E-state index in [1.54, 1.807) is 0 Å². The number of fused-ring (bicyclic) bond motifs is 1. The smallest absolute Gasteiger partial charge is 0.244 e. The lowest BCUT2D eigenvalue weighted by Gasteiger charge is -2.36. The molecular formula is C18H24N4O. The van der Waals surface area contributed by atoms with Crippen molar-refractivity contribution in [3.63, 3.8) is 0 Å². The Morgan fingerprint density at radius 3 is 2.65 bits per heavy atom. The summed E-state index contributed by atoms with van der Waals surface area (Å²) in [7, 11) is 0. The summed E-state index contributed by atoms with van der Waals surface area (Å²) in [5.74, 6) is 1.21. The molecule has 1 aromatic carbocycles. The minimum absolute atomic E-state index is 0.182. The van der Waals surface area contributed by atoms with Gasteiger partial charge in [0.25, 0.3) is 0 Å². The summed E-state index contributed by atoms with van der Waals surface area (Å²) in [5, 5.41) is 0. The highest BCUT2D eigenvalue weighted by molar-refractivity contribution is 5.83. The van der Waals surface area contributed by atoms with Gasteiger partial charge in [-0.15, -0.1) is 0 Å². The fourth-order valence-corrected chi connectivity index (χ4v) is 3.27. The molecule has 0 unspecified atom stereocenters. The lowest BCUT2D eigenvalue weighted by molar-refractivity contribution is -0.137. The van der Waals surface area contributed by atoms with Crippen LogP contribution in [0.2, 0.25) is 0 Å². The Kier molecular flexibility index (Phi) is 4.76. The molecule has 1 aromatic heterocycles. The van der Waals surface area contributed by atoms with Crippen LogP contribution in [-0.2, 0) is 17.9 Å². The van der Waals surface area contributed by atoms with Gasteiger partial charge in [0.2, 0.25) is 5.91 Å². The first-order chi connectivity index (χ1) is 11.2. The van der Waals surface area contributed by atoms with Gasteiger partial charge in [-0.05, 0) is 19.4 Å². The van der Waals surface area contributed by atoms with Gasteiger partial charge in [-0.1, -0.05) is 30.3 Å². The van der Waals surface area contributed by atoms with Crippen molar-refractivity contribution in [1.29, 1.82) is 0 Å². The number of amides is 1. The number of carbonyl (C=O) groups excluding carboxylic acids is 1. The number of hydrogen-bond donors (Lipinski definition) is 0. The quantitative estimate of drug-likeness (QED) is 0.851. The molecule has 3 rings (SSSR count). The summed E-state index contributed by atoms with van der Waals surface area (Å²) in [5.41, 5.74) is 1.06. The van der Waals surface area contributed by atoms with Crippen LogP contribution in [0.1, 0.15) is 31.3 Å². The molecule has 1 amide bonds. The van der Waals surface area contributed by atoms with Crippen molar-refractivity contribution < 1.29 is 4.79 Å². The molecule has 0 N–H and O–H groups in total. The lowest BCUT2D eigenvalue weighted by atomic mass is 10.0. The van der Waals surface area contributed by atoms with Gasteiger partial charge in [0.05, 0.1) is 6.54 Å². The van der Waals surface area contributed by atoms with E-state index >= 15 is 0 Å². The predicted molar refractivity (Wildman–Crippen MR) is 89.7 cm³/mol. The molecule has 5 nitrogen and oxygen atoms in total. The first-order valence-corrected chi connectivity index (χ1v) is 8.32. The monoisotopic (exact) mass is 312 g/mol. The van der Waals surface area contributed by atoms with Crippen LogP contribution >= 0.6 is 0 Å². The molecule has 0 spiro atoms. The van der Waals surface area contributed by atoms with E-state index in [1.165, 1.54) is 0 Å². The molecule has 1 atom stereocenters. The van der Waals surface area contributed by atoms with Gasteiger partial charge in [0, 0.05) is 38.6 Å². The van der Waals surface area contributed by atoms with Crippen molar-refractivity contribution in [2.24, 2.45) is 0 Å². The Hall–Kier alpha value is -2.14. The number of nitrogens with zero attached hydrogens (tertiary/aromatic N) is 4.